The van der Waals surface area contributed by atoms with Gasteiger partial charge in [0, 0.05) is 28.7 Å². The van der Waals surface area contributed by atoms with E-state index < -0.39 is 26.9 Å². The monoisotopic (exact) mass is 347 g/mol. The highest BCUT2D eigenvalue weighted by Gasteiger charge is 2.24. The van der Waals surface area contributed by atoms with Crippen LogP contribution in [-0.2, 0) is 27.8 Å². The van der Waals surface area contributed by atoms with Gasteiger partial charge in [0.1, 0.15) is 5.25 Å². The Bertz CT molecular complexity index is 730. The number of hydrogen-bond acceptors (Lipinski definition) is 4. The molecule has 0 heterocycles. The highest BCUT2D eigenvalue weighted by Crippen LogP contribution is 2.17. The lowest BCUT2D eigenvalue weighted by Gasteiger charge is -2.12. The molecule has 0 amide bonds. The second-order valence-corrected chi connectivity index (χ2v) is 6.92. The van der Waals surface area contributed by atoms with Crippen molar-refractivity contribution in [3.63, 3.8) is 0 Å². The van der Waals surface area contributed by atoms with Gasteiger partial charge >= 0.3 is 5.97 Å². The molecule has 0 saturated carbocycles. The molecule has 0 fully saturated rings. The van der Waals surface area contributed by atoms with Crippen LogP contribution in [0.5, 0.6) is 0 Å². The largest absolute Gasteiger partial charge is 0.480 e. The van der Waals surface area contributed by atoms with Crippen molar-refractivity contribution in [2.24, 2.45) is 0 Å². The summed E-state index contributed by atoms with van der Waals surface area (Å²) in [7, 11) is -1.60. The van der Waals surface area contributed by atoms with Gasteiger partial charge in [0.25, 0.3) is 5.69 Å². The molecule has 0 saturated heterocycles. The Morgan fingerprint density at radius 3 is 2.25 bits per heavy atom. The molecule has 2 unspecified atom stereocenters. The molecule has 2 aromatic carbocycles. The Labute approximate surface area is 141 Å². The Kier molecular flexibility index (Phi) is 6.20. The minimum Gasteiger partial charge on any atom is -0.480 e. The summed E-state index contributed by atoms with van der Waals surface area (Å²) < 4.78 is 12.4. The molecule has 0 aliphatic carbocycles. The number of nitro groups is 1. The van der Waals surface area contributed by atoms with Crippen LogP contribution in [0.25, 0.3) is 0 Å². The van der Waals surface area contributed by atoms with E-state index in [1.165, 1.54) is 24.3 Å². The number of rotatable bonds is 8. The van der Waals surface area contributed by atoms with Crippen LogP contribution < -0.4 is 0 Å². The van der Waals surface area contributed by atoms with E-state index >= 15 is 0 Å². The number of benzene rings is 2. The van der Waals surface area contributed by atoms with Gasteiger partial charge in [-0.15, -0.1) is 0 Å². The summed E-state index contributed by atoms with van der Waals surface area (Å²) in [6, 6.07) is 15.1. The van der Waals surface area contributed by atoms with Crippen molar-refractivity contribution in [2.45, 2.75) is 23.8 Å². The van der Waals surface area contributed by atoms with Gasteiger partial charge < -0.3 is 5.11 Å². The van der Waals surface area contributed by atoms with E-state index in [0.717, 1.165) is 5.56 Å². The zero-order valence-corrected chi connectivity index (χ0v) is 13.6. The highest BCUT2D eigenvalue weighted by atomic mass is 32.2. The van der Waals surface area contributed by atoms with Crippen LogP contribution in [0.4, 0.5) is 5.69 Å². The Morgan fingerprint density at radius 1 is 1.08 bits per heavy atom. The summed E-state index contributed by atoms with van der Waals surface area (Å²) in [5.41, 5.74) is 1.56. The first-order valence-electron chi connectivity index (χ1n) is 7.34. The standard InChI is InChI=1S/C17H17NO5S/c19-17(20)16(11-8-13-4-2-1-3-5-13)24(23)12-14-6-9-15(10-7-14)18(21)22/h1-7,9-10,16H,8,11-12H2,(H,19,20). The van der Waals surface area contributed by atoms with Crippen molar-refractivity contribution in [1.82, 2.24) is 0 Å². The SMILES string of the molecule is O=C(O)C(CCc1ccccc1)S(=O)Cc1ccc([N+](=O)[O-])cc1. The molecular formula is C17H17NO5S. The fraction of sp³-hybridized carbons (Fsp3) is 0.235. The molecule has 126 valence electrons. The number of non-ortho nitro benzene ring substituents is 1. The summed E-state index contributed by atoms with van der Waals surface area (Å²) >= 11 is 0. The van der Waals surface area contributed by atoms with Gasteiger partial charge in [-0.1, -0.05) is 42.5 Å². The van der Waals surface area contributed by atoms with E-state index in [9.17, 15) is 24.2 Å². The van der Waals surface area contributed by atoms with Crippen molar-refractivity contribution in [1.29, 1.82) is 0 Å². The molecule has 2 rings (SSSR count). The first-order valence-corrected chi connectivity index (χ1v) is 8.73. The molecular weight excluding hydrogens is 330 g/mol. The van der Waals surface area contributed by atoms with E-state index in [0.29, 0.717) is 12.0 Å². The predicted octanol–water partition coefficient (Wildman–Crippen LogP) is 2.93. The van der Waals surface area contributed by atoms with Gasteiger partial charge in [-0.05, 0) is 24.0 Å². The van der Waals surface area contributed by atoms with E-state index in [1.807, 2.05) is 30.3 Å². The summed E-state index contributed by atoms with van der Waals surface area (Å²) in [5, 5.41) is 19.0. The Morgan fingerprint density at radius 2 is 1.71 bits per heavy atom. The molecule has 0 bridgehead atoms. The van der Waals surface area contributed by atoms with Crippen LogP contribution in [0, 0.1) is 10.1 Å². The fourth-order valence-electron chi connectivity index (χ4n) is 2.29. The molecule has 6 nitrogen and oxygen atoms in total. The summed E-state index contributed by atoms with van der Waals surface area (Å²) in [6.45, 7) is 0. The number of nitro benzene ring substituents is 1. The second kappa shape index (κ2) is 8.35. The van der Waals surface area contributed by atoms with Gasteiger partial charge in [0.05, 0.1) is 4.92 Å². The third-order valence-corrected chi connectivity index (χ3v) is 5.28. The average molecular weight is 347 g/mol. The minimum atomic E-state index is -1.60. The van der Waals surface area contributed by atoms with E-state index in [4.69, 9.17) is 0 Å². The van der Waals surface area contributed by atoms with Crippen molar-refractivity contribution >= 4 is 22.5 Å². The summed E-state index contributed by atoms with van der Waals surface area (Å²) in [6.07, 6.45) is 0.808. The van der Waals surface area contributed by atoms with Gasteiger partial charge in [-0.2, -0.15) is 0 Å². The van der Waals surface area contributed by atoms with Crippen molar-refractivity contribution in [2.75, 3.05) is 0 Å². The average Bonchev–Trinajstić information content (AvgIpc) is 2.56. The van der Waals surface area contributed by atoms with Gasteiger partial charge in [0.15, 0.2) is 0 Å². The lowest BCUT2D eigenvalue weighted by molar-refractivity contribution is -0.384. The number of carboxylic acid groups (broad SMARTS) is 1. The zero-order valence-electron chi connectivity index (χ0n) is 12.8. The Balaban J connectivity index is 2.00. The molecule has 2 aromatic rings. The maximum absolute atomic E-state index is 12.4. The number of aliphatic carboxylic acids is 1. The van der Waals surface area contributed by atoms with Crippen LogP contribution in [0.2, 0.25) is 0 Å². The van der Waals surface area contributed by atoms with Crippen LogP contribution in [0.3, 0.4) is 0 Å². The lowest BCUT2D eigenvalue weighted by atomic mass is 10.1. The van der Waals surface area contributed by atoms with Gasteiger partial charge in [0.2, 0.25) is 0 Å². The number of nitrogens with zero attached hydrogens (tertiary/aromatic N) is 1. The van der Waals surface area contributed by atoms with Crippen LogP contribution >= 0.6 is 0 Å². The van der Waals surface area contributed by atoms with Gasteiger partial charge in [-0.3, -0.25) is 19.1 Å². The molecule has 24 heavy (non-hydrogen) atoms. The molecule has 0 aliphatic heterocycles. The molecule has 7 heteroatoms. The summed E-state index contributed by atoms with van der Waals surface area (Å²) in [5.74, 6) is -1.03. The first-order chi connectivity index (χ1) is 11.5. The molecule has 2 atom stereocenters. The van der Waals surface area contributed by atoms with Crippen molar-refractivity contribution in [3.8, 4) is 0 Å². The molecule has 0 aromatic heterocycles. The smallest absolute Gasteiger partial charge is 0.319 e. The zero-order chi connectivity index (χ0) is 17.5. The lowest BCUT2D eigenvalue weighted by Crippen LogP contribution is -2.27. The number of hydrogen-bond donors (Lipinski definition) is 1. The topological polar surface area (TPSA) is 97.5 Å². The van der Waals surface area contributed by atoms with Crippen LogP contribution in [0.15, 0.2) is 54.6 Å². The first kappa shape index (κ1) is 17.8. The normalized spacial score (nSPS) is 13.2. The van der Waals surface area contributed by atoms with Crippen molar-refractivity contribution < 1.29 is 19.0 Å². The second-order valence-electron chi connectivity index (χ2n) is 5.30. The maximum atomic E-state index is 12.4. The fourth-order valence-corrected chi connectivity index (χ4v) is 3.62. The van der Waals surface area contributed by atoms with Crippen LogP contribution in [-0.4, -0.2) is 25.5 Å². The van der Waals surface area contributed by atoms with Crippen LogP contribution in [0.1, 0.15) is 17.5 Å². The number of aryl methyl sites for hydroxylation is 1. The minimum absolute atomic E-state index is 0.0524. The third-order valence-electron chi connectivity index (χ3n) is 3.59. The van der Waals surface area contributed by atoms with Gasteiger partial charge in [-0.25, -0.2) is 0 Å². The quantitative estimate of drug-likeness (QED) is 0.585. The maximum Gasteiger partial charge on any atom is 0.319 e. The molecule has 1 N–H and O–H groups in total. The molecule has 0 radical (unpaired) electrons. The highest BCUT2D eigenvalue weighted by molar-refractivity contribution is 7.85. The number of carbonyl (C=O) groups is 1. The predicted molar refractivity (Wildman–Crippen MR) is 91.1 cm³/mol. The molecule has 0 spiro atoms. The van der Waals surface area contributed by atoms with Crippen molar-refractivity contribution in [3.05, 3.63) is 75.8 Å². The summed E-state index contributed by atoms with van der Waals surface area (Å²) in [4.78, 5) is 21.5. The van der Waals surface area contributed by atoms with E-state index in [2.05, 4.69) is 0 Å². The number of carboxylic acids is 1. The molecule has 0 aliphatic rings. The third kappa shape index (κ3) is 4.99. The Hall–Kier alpha value is -2.54. The van der Waals surface area contributed by atoms with E-state index in [1.54, 1.807) is 0 Å². The van der Waals surface area contributed by atoms with E-state index in [-0.39, 0.29) is 17.9 Å².